The molecule has 1 atom stereocenters. The van der Waals surface area contributed by atoms with Crippen LogP contribution in [0.2, 0.25) is 0 Å². The molecule has 2 aromatic carbocycles. The zero-order valence-corrected chi connectivity index (χ0v) is 17.8. The number of carbonyl (C=O) groups is 1. The van der Waals surface area contributed by atoms with Gasteiger partial charge in [-0.15, -0.1) is 0 Å². The van der Waals surface area contributed by atoms with E-state index in [0.29, 0.717) is 12.2 Å². The third kappa shape index (κ3) is 5.27. The molecule has 6 nitrogen and oxygen atoms in total. The lowest BCUT2D eigenvalue weighted by atomic mass is 9.99. The molecule has 2 heterocycles. The SMILES string of the molecule is CC1CCCN(Cc2ccccc2CNC(=O)c2ccc(=O)n(-c3ccccc3)n2)C1. The molecule has 1 unspecified atom stereocenters. The summed E-state index contributed by atoms with van der Waals surface area (Å²) in [6.45, 7) is 5.86. The summed E-state index contributed by atoms with van der Waals surface area (Å²) >= 11 is 0. The van der Waals surface area contributed by atoms with Crippen molar-refractivity contribution in [2.45, 2.75) is 32.9 Å². The molecule has 0 aliphatic carbocycles. The van der Waals surface area contributed by atoms with Crippen molar-refractivity contribution in [1.29, 1.82) is 0 Å². The number of nitrogens with zero attached hydrogens (tertiary/aromatic N) is 3. The molecule has 0 spiro atoms. The molecule has 1 aromatic heterocycles. The predicted octanol–water partition coefficient (Wildman–Crippen LogP) is 3.39. The van der Waals surface area contributed by atoms with Gasteiger partial charge in [0.05, 0.1) is 5.69 Å². The maximum Gasteiger partial charge on any atom is 0.272 e. The zero-order valence-electron chi connectivity index (χ0n) is 17.8. The highest BCUT2D eigenvalue weighted by atomic mass is 16.2. The highest BCUT2D eigenvalue weighted by Crippen LogP contribution is 2.19. The number of hydrogen-bond acceptors (Lipinski definition) is 4. The van der Waals surface area contributed by atoms with E-state index in [1.807, 2.05) is 30.3 Å². The van der Waals surface area contributed by atoms with Crippen LogP contribution in [0, 0.1) is 5.92 Å². The van der Waals surface area contributed by atoms with Gasteiger partial charge >= 0.3 is 0 Å². The molecule has 1 N–H and O–H groups in total. The van der Waals surface area contributed by atoms with E-state index in [1.165, 1.54) is 35.2 Å². The number of rotatable bonds is 6. The summed E-state index contributed by atoms with van der Waals surface area (Å²) in [7, 11) is 0. The van der Waals surface area contributed by atoms with Crippen LogP contribution in [0.25, 0.3) is 5.69 Å². The van der Waals surface area contributed by atoms with Crippen molar-refractivity contribution in [2.75, 3.05) is 13.1 Å². The van der Waals surface area contributed by atoms with E-state index in [0.717, 1.165) is 31.1 Å². The van der Waals surface area contributed by atoms with Gasteiger partial charge in [-0.25, -0.2) is 0 Å². The number of piperidine rings is 1. The van der Waals surface area contributed by atoms with Crippen molar-refractivity contribution in [1.82, 2.24) is 20.0 Å². The molecule has 160 valence electrons. The Balaban J connectivity index is 1.45. The Kier molecular flexibility index (Phi) is 6.57. The topological polar surface area (TPSA) is 67.2 Å². The van der Waals surface area contributed by atoms with Gasteiger partial charge < -0.3 is 5.32 Å². The minimum atomic E-state index is -0.300. The average molecular weight is 417 g/mol. The fourth-order valence-corrected chi connectivity index (χ4v) is 4.11. The largest absolute Gasteiger partial charge is 0.347 e. The molecule has 1 aliphatic heterocycles. The van der Waals surface area contributed by atoms with Crippen LogP contribution in [0.5, 0.6) is 0 Å². The van der Waals surface area contributed by atoms with E-state index in [-0.39, 0.29) is 17.2 Å². The van der Waals surface area contributed by atoms with Crippen molar-refractivity contribution >= 4 is 5.91 Å². The first kappa shape index (κ1) is 21.0. The number of amides is 1. The molecule has 31 heavy (non-hydrogen) atoms. The number of benzene rings is 2. The van der Waals surface area contributed by atoms with E-state index < -0.39 is 0 Å². The Hall–Kier alpha value is -3.25. The summed E-state index contributed by atoms with van der Waals surface area (Å²) in [5.41, 5.74) is 2.91. The minimum absolute atomic E-state index is 0.214. The molecule has 4 rings (SSSR count). The lowest BCUT2D eigenvalue weighted by Gasteiger charge is -2.31. The molecule has 0 saturated carbocycles. The first-order valence-corrected chi connectivity index (χ1v) is 10.8. The second-order valence-corrected chi connectivity index (χ2v) is 8.24. The lowest BCUT2D eigenvalue weighted by Crippen LogP contribution is -2.34. The van der Waals surface area contributed by atoms with E-state index >= 15 is 0 Å². The van der Waals surface area contributed by atoms with Gasteiger partial charge in [0.1, 0.15) is 5.69 Å². The van der Waals surface area contributed by atoms with Crippen molar-refractivity contribution < 1.29 is 4.79 Å². The van der Waals surface area contributed by atoms with E-state index in [2.05, 4.69) is 34.4 Å². The molecule has 0 radical (unpaired) electrons. The second-order valence-electron chi connectivity index (χ2n) is 8.24. The third-order valence-electron chi connectivity index (χ3n) is 5.73. The summed E-state index contributed by atoms with van der Waals surface area (Å²) in [6, 6.07) is 20.2. The maximum absolute atomic E-state index is 12.8. The van der Waals surface area contributed by atoms with Crippen LogP contribution in [-0.4, -0.2) is 33.7 Å². The fraction of sp³-hybridized carbons (Fsp3) is 0.320. The van der Waals surface area contributed by atoms with Gasteiger partial charge in [0, 0.05) is 25.7 Å². The van der Waals surface area contributed by atoms with Crippen LogP contribution < -0.4 is 10.9 Å². The van der Waals surface area contributed by atoms with Crippen LogP contribution >= 0.6 is 0 Å². The highest BCUT2D eigenvalue weighted by Gasteiger charge is 2.18. The van der Waals surface area contributed by atoms with Crippen LogP contribution in [0.3, 0.4) is 0 Å². The quantitative estimate of drug-likeness (QED) is 0.669. The summed E-state index contributed by atoms with van der Waals surface area (Å²) in [6.07, 6.45) is 2.54. The number of likely N-dealkylation sites (tertiary alicyclic amines) is 1. The molecule has 1 saturated heterocycles. The fourth-order valence-electron chi connectivity index (χ4n) is 4.11. The lowest BCUT2D eigenvalue weighted by molar-refractivity contribution is 0.0944. The molecular formula is C25H28N4O2. The molecule has 0 bridgehead atoms. The summed E-state index contributed by atoms with van der Waals surface area (Å²) in [5, 5.41) is 7.23. The molecular weight excluding hydrogens is 388 g/mol. The monoisotopic (exact) mass is 416 g/mol. The number of carbonyl (C=O) groups excluding carboxylic acids is 1. The molecule has 1 fully saturated rings. The van der Waals surface area contributed by atoms with Gasteiger partial charge in [-0.2, -0.15) is 9.78 Å². The first-order valence-electron chi connectivity index (χ1n) is 10.8. The molecule has 1 aliphatic rings. The second kappa shape index (κ2) is 9.71. The van der Waals surface area contributed by atoms with E-state index in [1.54, 1.807) is 12.1 Å². The number of para-hydroxylation sites is 1. The third-order valence-corrected chi connectivity index (χ3v) is 5.73. The van der Waals surface area contributed by atoms with Gasteiger partial charge in [-0.3, -0.25) is 14.5 Å². The van der Waals surface area contributed by atoms with E-state index in [9.17, 15) is 9.59 Å². The van der Waals surface area contributed by atoms with Crippen molar-refractivity contribution in [2.24, 2.45) is 5.92 Å². The number of nitrogens with one attached hydrogen (secondary N) is 1. The Bertz CT molecular complexity index is 1090. The molecule has 3 aromatic rings. The zero-order chi connectivity index (χ0) is 21.6. The van der Waals surface area contributed by atoms with Gasteiger partial charge in [-0.05, 0) is 54.6 Å². The number of hydrogen-bond donors (Lipinski definition) is 1. The van der Waals surface area contributed by atoms with Gasteiger partial charge in [0.15, 0.2) is 0 Å². The Labute approximate surface area is 182 Å². The van der Waals surface area contributed by atoms with Gasteiger partial charge in [-0.1, -0.05) is 49.4 Å². The van der Waals surface area contributed by atoms with E-state index in [4.69, 9.17) is 0 Å². The van der Waals surface area contributed by atoms with Crippen LogP contribution in [0.15, 0.2) is 71.5 Å². The van der Waals surface area contributed by atoms with Gasteiger partial charge in [0.25, 0.3) is 11.5 Å². The smallest absolute Gasteiger partial charge is 0.272 e. The van der Waals surface area contributed by atoms with Crippen LogP contribution in [0.4, 0.5) is 0 Å². The van der Waals surface area contributed by atoms with Crippen LogP contribution in [-0.2, 0) is 13.1 Å². The highest BCUT2D eigenvalue weighted by molar-refractivity contribution is 5.92. The summed E-state index contributed by atoms with van der Waals surface area (Å²) < 4.78 is 1.25. The Morgan fingerprint density at radius 3 is 2.55 bits per heavy atom. The van der Waals surface area contributed by atoms with Crippen molar-refractivity contribution in [3.8, 4) is 5.69 Å². The molecule has 1 amide bonds. The normalized spacial score (nSPS) is 16.7. The summed E-state index contributed by atoms with van der Waals surface area (Å²) in [4.78, 5) is 27.4. The van der Waals surface area contributed by atoms with Crippen molar-refractivity contribution in [3.63, 3.8) is 0 Å². The number of aromatic nitrogens is 2. The first-order chi connectivity index (χ1) is 15.1. The summed E-state index contributed by atoms with van der Waals surface area (Å²) in [5.74, 6) is 0.429. The maximum atomic E-state index is 12.8. The standard InChI is InChI=1S/C25H28N4O2/c1-19-8-7-15-28(17-19)18-21-10-6-5-9-20(21)16-26-25(31)23-13-14-24(30)29(27-23)22-11-3-2-4-12-22/h2-6,9-14,19H,7-8,15-18H2,1H3,(H,26,31). The predicted molar refractivity (Wildman–Crippen MR) is 121 cm³/mol. The Morgan fingerprint density at radius 2 is 1.77 bits per heavy atom. The van der Waals surface area contributed by atoms with Crippen molar-refractivity contribution in [3.05, 3.63) is 93.9 Å². The minimum Gasteiger partial charge on any atom is -0.347 e. The average Bonchev–Trinajstić information content (AvgIpc) is 2.79. The Morgan fingerprint density at radius 1 is 1.03 bits per heavy atom. The van der Waals surface area contributed by atoms with Crippen LogP contribution in [0.1, 0.15) is 41.4 Å². The van der Waals surface area contributed by atoms with Gasteiger partial charge in [0.2, 0.25) is 0 Å². The molecule has 6 heteroatoms.